The number of aromatic nitrogens is 2. The van der Waals surface area contributed by atoms with Gasteiger partial charge in [0.15, 0.2) is 0 Å². The van der Waals surface area contributed by atoms with Crippen LogP contribution in [0.2, 0.25) is 0 Å². The van der Waals surface area contributed by atoms with Crippen LogP contribution in [0.25, 0.3) is 0 Å². The average Bonchev–Trinajstić information content (AvgIpc) is 2.35. The smallest absolute Gasteiger partial charge is 0.236 e. The van der Waals surface area contributed by atoms with Crippen LogP contribution >= 0.6 is 0 Å². The summed E-state index contributed by atoms with van der Waals surface area (Å²) in [5, 5.41) is 7.60. The summed E-state index contributed by atoms with van der Waals surface area (Å²) in [5.74, 6) is -0.185. The molecule has 0 saturated heterocycles. The highest BCUT2D eigenvalue weighted by Crippen LogP contribution is 1.89. The number of aryl methyl sites for hydroxylation is 1. The molecule has 0 saturated carbocycles. The van der Waals surface area contributed by atoms with E-state index in [1.54, 1.807) is 17.1 Å². The molecule has 5 heteroatoms. The zero-order chi connectivity index (χ0) is 8.97. The van der Waals surface area contributed by atoms with Crippen LogP contribution in [0.1, 0.15) is 12.5 Å². The fourth-order valence-corrected chi connectivity index (χ4v) is 0.705. The fourth-order valence-electron chi connectivity index (χ4n) is 0.705. The third kappa shape index (κ3) is 2.53. The Morgan fingerprint density at radius 1 is 1.83 bits per heavy atom. The fraction of sp³-hybridized carbons (Fsp3) is 0.286. The van der Waals surface area contributed by atoms with Crippen LogP contribution in [-0.2, 0) is 11.8 Å². The molecule has 1 rings (SSSR count). The molecule has 0 unspecified atom stereocenters. The molecule has 1 N–H and O–H groups in total. The molecule has 64 valence electrons. The number of carbonyl (C=O) groups excluding carboxylic acids is 1. The Bertz CT molecular complexity index is 302. The predicted molar refractivity (Wildman–Crippen MR) is 44.6 cm³/mol. The van der Waals surface area contributed by atoms with E-state index < -0.39 is 0 Å². The van der Waals surface area contributed by atoms with Gasteiger partial charge in [-0.2, -0.15) is 10.2 Å². The predicted octanol–water partition coefficient (Wildman–Crippen LogP) is -0.110. The molecule has 0 spiro atoms. The van der Waals surface area contributed by atoms with Gasteiger partial charge in [-0.1, -0.05) is 0 Å². The molecule has 0 bridgehead atoms. The summed E-state index contributed by atoms with van der Waals surface area (Å²) in [6.07, 6.45) is 4.99. The number of rotatable bonds is 2. The number of nitrogens with one attached hydrogen (secondary N) is 1. The van der Waals surface area contributed by atoms with Gasteiger partial charge in [0.25, 0.3) is 0 Å². The lowest BCUT2D eigenvalue weighted by Crippen LogP contribution is -2.12. The minimum Gasteiger partial charge on any atom is -0.275 e. The van der Waals surface area contributed by atoms with E-state index in [0.29, 0.717) is 0 Å². The molecule has 1 aromatic heterocycles. The van der Waals surface area contributed by atoms with Crippen molar-refractivity contribution >= 4 is 12.1 Å². The Kier molecular flexibility index (Phi) is 2.57. The van der Waals surface area contributed by atoms with Gasteiger partial charge in [0.2, 0.25) is 5.91 Å². The second-order valence-corrected chi connectivity index (χ2v) is 2.37. The lowest BCUT2D eigenvalue weighted by Gasteiger charge is -1.88. The van der Waals surface area contributed by atoms with E-state index in [0.717, 1.165) is 5.56 Å². The Hall–Kier alpha value is -1.65. The van der Waals surface area contributed by atoms with Crippen LogP contribution in [0, 0.1) is 0 Å². The van der Waals surface area contributed by atoms with Crippen molar-refractivity contribution in [2.75, 3.05) is 0 Å². The maximum absolute atomic E-state index is 10.4. The van der Waals surface area contributed by atoms with Crippen molar-refractivity contribution in [3.8, 4) is 0 Å². The minimum atomic E-state index is -0.185. The maximum Gasteiger partial charge on any atom is 0.236 e. The van der Waals surface area contributed by atoms with E-state index in [9.17, 15) is 4.79 Å². The van der Waals surface area contributed by atoms with Crippen molar-refractivity contribution in [1.82, 2.24) is 15.2 Å². The van der Waals surface area contributed by atoms with Crippen LogP contribution in [0.5, 0.6) is 0 Å². The highest BCUT2D eigenvalue weighted by molar-refractivity contribution is 5.80. The van der Waals surface area contributed by atoms with Gasteiger partial charge in [-0.05, 0) is 0 Å². The Morgan fingerprint density at radius 3 is 3.08 bits per heavy atom. The first-order valence-corrected chi connectivity index (χ1v) is 3.47. The van der Waals surface area contributed by atoms with E-state index in [-0.39, 0.29) is 5.91 Å². The molecule has 0 aromatic carbocycles. The van der Waals surface area contributed by atoms with Crippen LogP contribution in [-0.4, -0.2) is 21.9 Å². The molecular formula is C7H10N4O. The quantitative estimate of drug-likeness (QED) is 0.492. The highest BCUT2D eigenvalue weighted by Gasteiger charge is 1.90. The first-order valence-electron chi connectivity index (χ1n) is 3.47. The molecular weight excluding hydrogens is 156 g/mol. The second-order valence-electron chi connectivity index (χ2n) is 2.37. The van der Waals surface area contributed by atoms with Crippen molar-refractivity contribution in [2.24, 2.45) is 12.1 Å². The zero-order valence-corrected chi connectivity index (χ0v) is 6.98. The largest absolute Gasteiger partial charge is 0.275 e. The monoisotopic (exact) mass is 166 g/mol. The van der Waals surface area contributed by atoms with E-state index in [1.165, 1.54) is 13.1 Å². The first kappa shape index (κ1) is 8.45. The summed E-state index contributed by atoms with van der Waals surface area (Å²) in [6.45, 7) is 1.40. The van der Waals surface area contributed by atoms with Gasteiger partial charge in [0.05, 0.1) is 12.4 Å². The van der Waals surface area contributed by atoms with Gasteiger partial charge in [-0.3, -0.25) is 9.48 Å². The van der Waals surface area contributed by atoms with Crippen molar-refractivity contribution in [1.29, 1.82) is 0 Å². The van der Waals surface area contributed by atoms with Crippen LogP contribution in [0.3, 0.4) is 0 Å². The summed E-state index contributed by atoms with van der Waals surface area (Å²) < 4.78 is 1.66. The minimum absolute atomic E-state index is 0.185. The van der Waals surface area contributed by atoms with Crippen molar-refractivity contribution in [3.05, 3.63) is 18.0 Å². The lowest BCUT2D eigenvalue weighted by molar-refractivity contribution is -0.118. The van der Waals surface area contributed by atoms with E-state index in [1.807, 2.05) is 7.05 Å². The van der Waals surface area contributed by atoms with Gasteiger partial charge >= 0.3 is 0 Å². The van der Waals surface area contributed by atoms with Crippen LogP contribution in [0.4, 0.5) is 0 Å². The zero-order valence-electron chi connectivity index (χ0n) is 6.98. The number of hydrogen-bond donors (Lipinski definition) is 1. The molecule has 1 aromatic rings. The molecule has 0 aliphatic rings. The van der Waals surface area contributed by atoms with E-state index >= 15 is 0 Å². The van der Waals surface area contributed by atoms with Crippen molar-refractivity contribution < 1.29 is 4.79 Å². The Morgan fingerprint density at radius 2 is 2.58 bits per heavy atom. The SMILES string of the molecule is CC(=O)N/N=C/c1cnn(C)c1. The van der Waals surface area contributed by atoms with E-state index in [2.05, 4.69) is 15.6 Å². The topological polar surface area (TPSA) is 59.3 Å². The summed E-state index contributed by atoms with van der Waals surface area (Å²) in [4.78, 5) is 10.4. The van der Waals surface area contributed by atoms with Gasteiger partial charge in [0.1, 0.15) is 0 Å². The number of hydrogen-bond acceptors (Lipinski definition) is 3. The maximum atomic E-state index is 10.4. The molecule has 1 amide bonds. The normalized spacial score (nSPS) is 10.5. The van der Waals surface area contributed by atoms with Gasteiger partial charge in [0, 0.05) is 25.7 Å². The Labute approximate surface area is 70.1 Å². The molecule has 12 heavy (non-hydrogen) atoms. The second kappa shape index (κ2) is 3.66. The van der Waals surface area contributed by atoms with Gasteiger partial charge < -0.3 is 0 Å². The summed E-state index contributed by atoms with van der Waals surface area (Å²) >= 11 is 0. The van der Waals surface area contributed by atoms with Gasteiger partial charge in [-0.15, -0.1) is 0 Å². The van der Waals surface area contributed by atoms with Crippen LogP contribution < -0.4 is 5.43 Å². The number of carbonyl (C=O) groups is 1. The lowest BCUT2D eigenvalue weighted by atomic mass is 10.4. The summed E-state index contributed by atoms with van der Waals surface area (Å²) in [6, 6.07) is 0. The number of amides is 1. The van der Waals surface area contributed by atoms with E-state index in [4.69, 9.17) is 0 Å². The molecule has 0 atom stereocenters. The van der Waals surface area contributed by atoms with Crippen LogP contribution in [0.15, 0.2) is 17.5 Å². The number of nitrogens with zero attached hydrogens (tertiary/aromatic N) is 3. The molecule has 0 fully saturated rings. The van der Waals surface area contributed by atoms with Gasteiger partial charge in [-0.25, -0.2) is 5.43 Å². The molecule has 0 aliphatic heterocycles. The Balaban J connectivity index is 2.52. The standard InChI is InChI=1S/C7H10N4O/c1-6(12)10-8-3-7-4-9-11(2)5-7/h3-5H,1-2H3,(H,10,12)/b8-3+. The third-order valence-corrected chi connectivity index (χ3v) is 1.16. The third-order valence-electron chi connectivity index (χ3n) is 1.16. The van der Waals surface area contributed by atoms with Crippen molar-refractivity contribution in [2.45, 2.75) is 6.92 Å². The molecule has 0 radical (unpaired) electrons. The van der Waals surface area contributed by atoms with Crippen molar-refractivity contribution in [3.63, 3.8) is 0 Å². The molecule has 1 heterocycles. The first-order chi connectivity index (χ1) is 5.68. The summed E-state index contributed by atoms with van der Waals surface area (Å²) in [7, 11) is 1.82. The average molecular weight is 166 g/mol. The highest BCUT2D eigenvalue weighted by atomic mass is 16.2. The molecule has 0 aliphatic carbocycles. The number of hydrazone groups is 1. The molecule has 5 nitrogen and oxygen atoms in total. The summed E-state index contributed by atoms with van der Waals surface area (Å²) in [5.41, 5.74) is 3.15.